The van der Waals surface area contributed by atoms with Gasteiger partial charge in [-0.1, -0.05) is 0 Å². The third kappa shape index (κ3) is 5.47. The highest BCUT2D eigenvalue weighted by atomic mass is 31.2. The van der Waals surface area contributed by atoms with E-state index in [-0.39, 0.29) is 34.1 Å². The van der Waals surface area contributed by atoms with E-state index in [2.05, 4.69) is 29.9 Å². The number of anilines is 2. The SMILES string of the molecule is Nc1nc2c(ncn2[C@@H]2O[C@@H]3COP(=O)(O)CO[C@@H]4[C@H](F)[C@@H](COP(=O)(O)O[C@@H]2[C@@H]3F)O[C@H]4n2cnc3c(N)ncnc32)c(=O)[nH]1. The number of nitrogens with one attached hydrogen (secondary N) is 1. The molecule has 10 atom stereocenters. The van der Waals surface area contributed by atoms with E-state index in [1.807, 2.05) is 0 Å². The first kappa shape index (κ1) is 31.1. The molecule has 0 aromatic carbocycles. The lowest BCUT2D eigenvalue weighted by Crippen LogP contribution is -2.33. The molecule has 4 aromatic rings. The van der Waals surface area contributed by atoms with E-state index in [4.69, 9.17) is 39.2 Å². The van der Waals surface area contributed by atoms with Crippen molar-refractivity contribution in [1.29, 1.82) is 0 Å². The number of nitrogens with two attached hydrogens (primary N) is 2. The van der Waals surface area contributed by atoms with Gasteiger partial charge in [-0.15, -0.1) is 0 Å². The summed E-state index contributed by atoms with van der Waals surface area (Å²) in [6.45, 7) is -1.83. The van der Waals surface area contributed by atoms with Crippen molar-refractivity contribution < 1.29 is 55.5 Å². The monoisotopic (exact) mass is 692 g/mol. The van der Waals surface area contributed by atoms with Gasteiger partial charge in [0.15, 0.2) is 47.4 Å². The molecule has 3 aliphatic rings. The first-order valence-electron chi connectivity index (χ1n) is 13.3. The van der Waals surface area contributed by atoms with E-state index in [1.54, 1.807) is 0 Å². The number of halogens is 2. The summed E-state index contributed by atoms with van der Waals surface area (Å²) in [6.07, 6.45) is -12.1. The van der Waals surface area contributed by atoms with Gasteiger partial charge in [0.25, 0.3) is 5.56 Å². The van der Waals surface area contributed by atoms with E-state index in [0.29, 0.717) is 0 Å². The van der Waals surface area contributed by atoms with Crippen LogP contribution in [-0.2, 0) is 36.9 Å². The smallest absolute Gasteiger partial charge is 0.382 e. The van der Waals surface area contributed by atoms with Gasteiger partial charge in [-0.2, -0.15) is 4.98 Å². The molecule has 0 amide bonds. The molecule has 0 spiro atoms. The number of aromatic amines is 1. The quantitative estimate of drug-likeness (QED) is 0.168. The molecule has 3 aliphatic heterocycles. The van der Waals surface area contributed by atoms with Gasteiger partial charge >= 0.3 is 15.4 Å². The minimum atomic E-state index is -5.24. The van der Waals surface area contributed by atoms with Crippen LogP contribution in [0.5, 0.6) is 0 Å². The number of alkyl halides is 2. The van der Waals surface area contributed by atoms with Gasteiger partial charge in [-0.05, 0) is 0 Å². The molecular weight excluding hydrogens is 668 g/mol. The predicted molar refractivity (Wildman–Crippen MR) is 146 cm³/mol. The van der Waals surface area contributed by atoms with Crippen molar-refractivity contribution in [2.75, 3.05) is 31.0 Å². The number of ether oxygens (including phenoxy) is 3. The Balaban J connectivity index is 1.21. The molecule has 248 valence electrons. The molecule has 3 saturated heterocycles. The van der Waals surface area contributed by atoms with Gasteiger partial charge in [0.05, 0.1) is 25.9 Å². The molecule has 4 aromatic heterocycles. The Labute approximate surface area is 253 Å². The summed E-state index contributed by atoms with van der Waals surface area (Å²) in [6, 6.07) is 0. The zero-order valence-electron chi connectivity index (χ0n) is 23.0. The third-order valence-electron chi connectivity index (χ3n) is 7.44. The fraction of sp³-hybridized carbons (Fsp3) is 0.524. The van der Waals surface area contributed by atoms with Crippen LogP contribution in [0.3, 0.4) is 0 Å². The van der Waals surface area contributed by atoms with Crippen molar-refractivity contribution in [3.05, 3.63) is 29.3 Å². The highest BCUT2D eigenvalue weighted by molar-refractivity contribution is 7.52. The second kappa shape index (κ2) is 11.3. The van der Waals surface area contributed by atoms with Gasteiger partial charge < -0.3 is 40.0 Å². The average Bonchev–Trinajstić information content (AvgIpc) is 3.75. The van der Waals surface area contributed by atoms with E-state index < -0.39 is 89.8 Å². The summed E-state index contributed by atoms with van der Waals surface area (Å²) in [7, 11) is -9.98. The van der Waals surface area contributed by atoms with Crippen molar-refractivity contribution in [2.24, 2.45) is 0 Å². The number of rotatable bonds is 2. The maximum absolute atomic E-state index is 15.8. The number of H-pyrrole nitrogens is 1. The third-order valence-corrected chi connectivity index (χ3v) is 9.46. The van der Waals surface area contributed by atoms with Crippen molar-refractivity contribution in [2.45, 2.75) is 49.2 Å². The number of aromatic nitrogens is 8. The zero-order valence-corrected chi connectivity index (χ0v) is 24.8. The number of hydrogen-bond acceptors (Lipinski definition) is 16. The van der Waals surface area contributed by atoms with Crippen LogP contribution in [0.15, 0.2) is 23.8 Å². The molecule has 25 heteroatoms. The number of fused-ring (bicyclic) bond motifs is 6. The normalized spacial score (nSPS) is 37.4. The van der Waals surface area contributed by atoms with Crippen molar-refractivity contribution in [1.82, 2.24) is 39.0 Å². The topological polar surface area (TPSA) is 289 Å². The Morgan fingerprint density at radius 3 is 2.26 bits per heavy atom. The lowest BCUT2D eigenvalue weighted by molar-refractivity contribution is -0.0654. The van der Waals surface area contributed by atoms with Crippen LogP contribution in [0.4, 0.5) is 20.5 Å². The van der Waals surface area contributed by atoms with Crippen molar-refractivity contribution >= 4 is 49.5 Å². The highest BCUT2D eigenvalue weighted by Gasteiger charge is 2.53. The zero-order chi connectivity index (χ0) is 32.5. The molecule has 3 fully saturated rings. The Morgan fingerprint density at radius 2 is 1.52 bits per heavy atom. The molecule has 7 N–H and O–H groups in total. The van der Waals surface area contributed by atoms with Crippen molar-refractivity contribution in [3.63, 3.8) is 0 Å². The summed E-state index contributed by atoms with van der Waals surface area (Å²) < 4.78 is 92.1. The Hall–Kier alpha value is -3.50. The number of phosphoric ester groups is 1. The minimum Gasteiger partial charge on any atom is -0.382 e. The van der Waals surface area contributed by atoms with Crippen LogP contribution in [0.25, 0.3) is 22.3 Å². The summed E-state index contributed by atoms with van der Waals surface area (Å²) in [5.41, 5.74) is 10.5. The van der Waals surface area contributed by atoms with Crippen molar-refractivity contribution in [3.8, 4) is 0 Å². The molecule has 7 rings (SSSR count). The van der Waals surface area contributed by atoms with Crippen LogP contribution in [0.1, 0.15) is 12.5 Å². The first-order chi connectivity index (χ1) is 21.8. The van der Waals surface area contributed by atoms with Crippen LogP contribution in [0, 0.1) is 0 Å². The Morgan fingerprint density at radius 1 is 0.891 bits per heavy atom. The molecule has 0 radical (unpaired) electrons. The van der Waals surface area contributed by atoms with Crippen LogP contribution >= 0.6 is 15.4 Å². The Kier molecular flexibility index (Phi) is 7.67. The second-order valence-corrected chi connectivity index (χ2v) is 13.6. The van der Waals surface area contributed by atoms with Crippen LogP contribution in [0.2, 0.25) is 0 Å². The molecule has 7 heterocycles. The second-order valence-electron chi connectivity index (χ2n) is 10.4. The Bertz CT molecular complexity index is 1960. The fourth-order valence-corrected chi connectivity index (χ4v) is 7.08. The summed E-state index contributed by atoms with van der Waals surface area (Å²) >= 11 is 0. The first-order valence-corrected chi connectivity index (χ1v) is 16.6. The average molecular weight is 692 g/mol. The van der Waals surface area contributed by atoms with Gasteiger partial charge in [0.2, 0.25) is 5.95 Å². The number of nitrogens with zero attached hydrogens (tertiary/aromatic N) is 7. The number of nitrogen functional groups attached to an aromatic ring is 2. The maximum atomic E-state index is 15.8. The molecule has 46 heavy (non-hydrogen) atoms. The molecule has 4 bridgehead atoms. The van der Waals surface area contributed by atoms with Crippen LogP contribution in [-0.4, -0.2) is 105 Å². The van der Waals surface area contributed by atoms with E-state index in [1.165, 1.54) is 10.9 Å². The maximum Gasteiger partial charge on any atom is 0.472 e. The van der Waals surface area contributed by atoms with E-state index in [0.717, 1.165) is 17.2 Å². The summed E-state index contributed by atoms with van der Waals surface area (Å²) in [5.74, 6) is -0.320. The molecule has 0 aliphatic carbocycles. The van der Waals surface area contributed by atoms with E-state index in [9.17, 15) is 23.7 Å². The van der Waals surface area contributed by atoms with E-state index >= 15 is 8.78 Å². The molecular formula is C21H24F2N10O11P2. The lowest BCUT2D eigenvalue weighted by atomic mass is 10.1. The minimum absolute atomic E-state index is 0.00745. The largest absolute Gasteiger partial charge is 0.472 e. The number of hydrogen-bond donors (Lipinski definition) is 5. The molecule has 2 unspecified atom stereocenters. The van der Waals surface area contributed by atoms with Gasteiger partial charge in [-0.25, -0.2) is 33.3 Å². The molecule has 0 saturated carbocycles. The van der Waals surface area contributed by atoms with Gasteiger partial charge in [-0.3, -0.25) is 32.5 Å². The highest BCUT2D eigenvalue weighted by Crippen LogP contribution is 2.52. The summed E-state index contributed by atoms with van der Waals surface area (Å²) in [5, 5.41) is 0. The standard InChI is InChI=1S/C21H24F2N10O11P2/c22-9-8-2-41-46(37,38)44-14-10(23)7(43-20(14)33-5-29-12-17(33)30-21(25)31-18(12)34)1-40-45(35,36)6-39-13(9)19(42-8)32-4-28-11-15(24)26-3-27-16(11)32/h3-5,7-10,13-14,19-20H,1-2,6H2,(H,35,36)(H,37,38)(H2,24,26,27)(H3,25,30,31,34)/t7-,8-,9-,10-,13-,14-,19-,20-/m1/s1. The lowest BCUT2D eigenvalue weighted by Gasteiger charge is -2.24. The molecule has 21 nitrogen and oxygen atoms in total. The summed E-state index contributed by atoms with van der Waals surface area (Å²) in [4.78, 5) is 55.5. The van der Waals surface area contributed by atoms with Gasteiger partial charge in [0.1, 0.15) is 42.6 Å². The van der Waals surface area contributed by atoms with Crippen LogP contribution < -0.4 is 17.0 Å². The van der Waals surface area contributed by atoms with Gasteiger partial charge in [0, 0.05) is 0 Å². The fourth-order valence-electron chi connectivity index (χ4n) is 5.34. The predicted octanol–water partition coefficient (Wildman–Crippen LogP) is -0.345. The number of imidazole rings is 2. The number of phosphoric acid groups is 1.